The summed E-state index contributed by atoms with van der Waals surface area (Å²) in [7, 11) is 0. The molecule has 3 aromatic carbocycles. The van der Waals surface area contributed by atoms with E-state index in [2.05, 4.69) is 86.6 Å². The second kappa shape index (κ2) is 6.85. The van der Waals surface area contributed by atoms with Crippen molar-refractivity contribution in [3.8, 4) is 20.9 Å². The Balaban J connectivity index is 2.05. The largest absolute Gasteiger partial charge is 0.134 e. The molecular formula is C24H22S. The zero-order chi connectivity index (χ0) is 17.2. The normalized spacial score (nSPS) is 11.1. The highest BCUT2D eigenvalue weighted by Crippen LogP contribution is 2.45. The number of fused-ring (bicyclic) bond motifs is 1. The van der Waals surface area contributed by atoms with Crippen molar-refractivity contribution in [2.75, 3.05) is 0 Å². The topological polar surface area (TPSA) is 0 Å². The first-order chi connectivity index (χ1) is 12.3. The molecule has 0 unspecified atom stereocenters. The van der Waals surface area contributed by atoms with E-state index in [0.717, 1.165) is 12.8 Å². The predicted molar refractivity (Wildman–Crippen MR) is 111 cm³/mol. The number of hydrogen-bond donors (Lipinski definition) is 0. The van der Waals surface area contributed by atoms with E-state index < -0.39 is 0 Å². The lowest BCUT2D eigenvalue weighted by molar-refractivity contribution is 1.04. The summed E-state index contributed by atoms with van der Waals surface area (Å²) in [6.07, 6.45) is 2.17. The van der Waals surface area contributed by atoms with Crippen LogP contribution in [0.4, 0.5) is 0 Å². The van der Waals surface area contributed by atoms with Crippen LogP contribution in [0.1, 0.15) is 25.0 Å². The predicted octanol–water partition coefficient (Wildman–Crippen LogP) is 7.36. The zero-order valence-corrected chi connectivity index (χ0v) is 15.6. The van der Waals surface area contributed by atoms with Crippen molar-refractivity contribution in [1.29, 1.82) is 0 Å². The summed E-state index contributed by atoms with van der Waals surface area (Å²) in [5.74, 6) is 0. The monoisotopic (exact) mass is 342 g/mol. The third kappa shape index (κ3) is 2.89. The van der Waals surface area contributed by atoms with Crippen LogP contribution in [0.15, 0.2) is 72.8 Å². The first-order valence-electron chi connectivity index (χ1n) is 9.01. The van der Waals surface area contributed by atoms with E-state index in [9.17, 15) is 0 Å². The van der Waals surface area contributed by atoms with E-state index >= 15 is 0 Å². The molecule has 0 saturated heterocycles. The Labute approximate surface area is 153 Å². The summed E-state index contributed by atoms with van der Waals surface area (Å²) in [4.78, 5) is 2.76. The van der Waals surface area contributed by atoms with Crippen molar-refractivity contribution in [1.82, 2.24) is 0 Å². The standard InChI is InChI=1S/C24H22S/c1-3-17-15-21-22(16-18(17)4-2)24(20-13-9-6-10-14-20)25-23(21)19-11-7-5-8-12-19/h5-16H,3-4H2,1-2H3. The second-order valence-corrected chi connectivity index (χ2v) is 7.39. The molecule has 124 valence electrons. The van der Waals surface area contributed by atoms with Crippen molar-refractivity contribution in [3.05, 3.63) is 83.9 Å². The maximum atomic E-state index is 2.43. The fourth-order valence-corrected chi connectivity index (χ4v) is 4.81. The number of aryl methyl sites for hydroxylation is 2. The average Bonchev–Trinajstić information content (AvgIpc) is 3.06. The molecule has 0 saturated carbocycles. The van der Waals surface area contributed by atoms with Gasteiger partial charge in [0.1, 0.15) is 0 Å². The summed E-state index contributed by atoms with van der Waals surface area (Å²) in [5.41, 5.74) is 5.58. The first kappa shape index (κ1) is 16.1. The molecule has 25 heavy (non-hydrogen) atoms. The maximum Gasteiger partial charge on any atom is 0.0428 e. The SMILES string of the molecule is CCc1cc2c(-c3ccccc3)sc(-c3ccccc3)c2cc1CC. The first-order valence-corrected chi connectivity index (χ1v) is 9.82. The van der Waals surface area contributed by atoms with E-state index in [1.807, 2.05) is 11.3 Å². The summed E-state index contributed by atoms with van der Waals surface area (Å²) >= 11 is 1.92. The van der Waals surface area contributed by atoms with E-state index in [-0.39, 0.29) is 0 Å². The van der Waals surface area contributed by atoms with Gasteiger partial charge in [0, 0.05) is 20.5 Å². The summed E-state index contributed by atoms with van der Waals surface area (Å²) in [5, 5.41) is 2.79. The van der Waals surface area contributed by atoms with Crippen LogP contribution in [0.2, 0.25) is 0 Å². The molecule has 1 heterocycles. The van der Waals surface area contributed by atoms with Crippen LogP contribution in [-0.2, 0) is 12.8 Å². The molecule has 0 aliphatic heterocycles. The third-order valence-electron chi connectivity index (χ3n) is 4.87. The molecule has 0 aliphatic carbocycles. The molecule has 4 rings (SSSR count). The molecule has 0 spiro atoms. The molecule has 0 atom stereocenters. The van der Waals surface area contributed by atoms with Crippen molar-refractivity contribution >= 4 is 22.1 Å². The summed E-state index contributed by atoms with van der Waals surface area (Å²) < 4.78 is 0. The van der Waals surface area contributed by atoms with Gasteiger partial charge in [0.25, 0.3) is 0 Å². The van der Waals surface area contributed by atoms with E-state index in [0.29, 0.717) is 0 Å². The molecular weight excluding hydrogens is 320 g/mol. The Morgan fingerprint density at radius 3 is 1.36 bits per heavy atom. The van der Waals surface area contributed by atoms with Gasteiger partial charge in [-0.05, 0) is 47.2 Å². The van der Waals surface area contributed by atoms with Crippen LogP contribution < -0.4 is 0 Å². The Morgan fingerprint density at radius 2 is 1.00 bits per heavy atom. The number of rotatable bonds is 4. The second-order valence-electron chi connectivity index (χ2n) is 6.37. The number of benzene rings is 3. The fourth-order valence-electron chi connectivity index (χ4n) is 3.54. The van der Waals surface area contributed by atoms with Crippen molar-refractivity contribution in [2.45, 2.75) is 26.7 Å². The minimum absolute atomic E-state index is 1.09. The van der Waals surface area contributed by atoms with Crippen LogP contribution >= 0.6 is 11.3 Å². The van der Waals surface area contributed by atoms with Crippen LogP contribution in [0.3, 0.4) is 0 Å². The van der Waals surface area contributed by atoms with E-state index in [4.69, 9.17) is 0 Å². The molecule has 0 amide bonds. The van der Waals surface area contributed by atoms with Crippen LogP contribution in [-0.4, -0.2) is 0 Å². The Hall–Kier alpha value is -2.38. The van der Waals surface area contributed by atoms with Gasteiger partial charge in [-0.25, -0.2) is 0 Å². The van der Waals surface area contributed by atoms with Gasteiger partial charge < -0.3 is 0 Å². The van der Waals surface area contributed by atoms with Gasteiger partial charge in [-0.15, -0.1) is 11.3 Å². The van der Waals surface area contributed by atoms with Gasteiger partial charge in [-0.3, -0.25) is 0 Å². The van der Waals surface area contributed by atoms with Crippen molar-refractivity contribution in [2.24, 2.45) is 0 Å². The minimum atomic E-state index is 1.09. The molecule has 0 fully saturated rings. The van der Waals surface area contributed by atoms with Gasteiger partial charge in [0.15, 0.2) is 0 Å². The van der Waals surface area contributed by atoms with Gasteiger partial charge in [-0.1, -0.05) is 74.5 Å². The summed E-state index contributed by atoms with van der Waals surface area (Å²) in [6, 6.07) is 26.4. The Bertz CT molecular complexity index is 913. The molecule has 0 radical (unpaired) electrons. The lowest BCUT2D eigenvalue weighted by atomic mass is 9.96. The highest BCUT2D eigenvalue weighted by Gasteiger charge is 2.16. The van der Waals surface area contributed by atoms with Gasteiger partial charge >= 0.3 is 0 Å². The average molecular weight is 343 g/mol. The van der Waals surface area contributed by atoms with Gasteiger partial charge in [-0.2, -0.15) is 0 Å². The van der Waals surface area contributed by atoms with Crippen molar-refractivity contribution < 1.29 is 0 Å². The maximum absolute atomic E-state index is 2.43. The molecule has 0 N–H and O–H groups in total. The zero-order valence-electron chi connectivity index (χ0n) is 14.8. The Morgan fingerprint density at radius 1 is 0.600 bits per heavy atom. The molecule has 0 nitrogen and oxygen atoms in total. The Kier molecular flexibility index (Phi) is 4.42. The lowest BCUT2D eigenvalue weighted by Gasteiger charge is -2.08. The van der Waals surface area contributed by atoms with E-state index in [1.165, 1.54) is 42.8 Å². The smallest absolute Gasteiger partial charge is 0.0428 e. The summed E-state index contributed by atoms with van der Waals surface area (Å²) in [6.45, 7) is 4.51. The highest BCUT2D eigenvalue weighted by atomic mass is 32.1. The van der Waals surface area contributed by atoms with Crippen LogP contribution in [0.25, 0.3) is 31.7 Å². The van der Waals surface area contributed by atoms with Gasteiger partial charge in [0.2, 0.25) is 0 Å². The molecule has 1 heteroatoms. The molecule has 0 aliphatic rings. The fraction of sp³-hybridized carbons (Fsp3) is 0.167. The van der Waals surface area contributed by atoms with E-state index in [1.54, 1.807) is 0 Å². The quantitative estimate of drug-likeness (QED) is 0.363. The number of hydrogen-bond acceptors (Lipinski definition) is 1. The van der Waals surface area contributed by atoms with Crippen molar-refractivity contribution in [3.63, 3.8) is 0 Å². The van der Waals surface area contributed by atoms with Gasteiger partial charge in [0.05, 0.1) is 0 Å². The molecule has 0 bridgehead atoms. The third-order valence-corrected chi connectivity index (χ3v) is 6.19. The minimum Gasteiger partial charge on any atom is -0.134 e. The number of thiophene rings is 1. The lowest BCUT2D eigenvalue weighted by Crippen LogP contribution is -1.91. The molecule has 1 aromatic heterocycles. The van der Waals surface area contributed by atoms with Crippen LogP contribution in [0.5, 0.6) is 0 Å². The highest BCUT2D eigenvalue weighted by molar-refractivity contribution is 7.21. The van der Waals surface area contributed by atoms with Crippen LogP contribution in [0, 0.1) is 0 Å². The molecule has 4 aromatic rings.